The van der Waals surface area contributed by atoms with E-state index in [1.54, 1.807) is 26.1 Å². The first-order valence-electron chi connectivity index (χ1n) is 5.57. The first-order chi connectivity index (χ1) is 8.45. The van der Waals surface area contributed by atoms with Crippen molar-refractivity contribution in [2.45, 2.75) is 13.8 Å². The van der Waals surface area contributed by atoms with Gasteiger partial charge in [0.25, 0.3) is 5.69 Å². The third kappa shape index (κ3) is 3.44. The number of hydrogen-bond donors (Lipinski definition) is 0. The minimum Gasteiger partial charge on any atom is -0.465 e. The number of nitro benzene ring substituents is 1. The summed E-state index contributed by atoms with van der Waals surface area (Å²) in [6.07, 6.45) is 0. The summed E-state index contributed by atoms with van der Waals surface area (Å²) in [6, 6.07) is 4.78. The summed E-state index contributed by atoms with van der Waals surface area (Å²) >= 11 is 0. The van der Waals surface area contributed by atoms with Crippen LogP contribution in [0.3, 0.4) is 0 Å². The van der Waals surface area contributed by atoms with E-state index in [1.165, 1.54) is 11.0 Å². The molecular weight excluding hydrogens is 236 g/mol. The van der Waals surface area contributed by atoms with E-state index in [2.05, 4.69) is 0 Å². The lowest BCUT2D eigenvalue weighted by Crippen LogP contribution is -2.27. The Kier molecular flexibility index (Phi) is 4.65. The second-order valence-electron chi connectivity index (χ2n) is 3.91. The number of carbonyl (C=O) groups is 1. The summed E-state index contributed by atoms with van der Waals surface area (Å²) in [5, 5.41) is 10.9. The number of rotatable bonds is 5. The highest BCUT2D eigenvalue weighted by molar-refractivity contribution is 5.77. The van der Waals surface area contributed by atoms with Gasteiger partial charge in [-0.2, -0.15) is 0 Å². The molecule has 0 aliphatic carbocycles. The molecule has 98 valence electrons. The van der Waals surface area contributed by atoms with Crippen LogP contribution in [-0.2, 0) is 9.53 Å². The summed E-state index contributed by atoms with van der Waals surface area (Å²) in [5.74, 6) is -0.407. The van der Waals surface area contributed by atoms with E-state index in [1.807, 2.05) is 6.92 Å². The van der Waals surface area contributed by atoms with E-state index in [0.717, 1.165) is 5.56 Å². The fourth-order valence-corrected chi connectivity index (χ4v) is 1.58. The molecule has 0 heterocycles. The Morgan fingerprint density at radius 1 is 1.50 bits per heavy atom. The monoisotopic (exact) mass is 252 g/mol. The second kappa shape index (κ2) is 6.00. The molecule has 0 amide bonds. The molecule has 0 bridgehead atoms. The summed E-state index contributed by atoms with van der Waals surface area (Å²) in [6.45, 7) is 3.83. The van der Waals surface area contributed by atoms with Gasteiger partial charge in [0.15, 0.2) is 0 Å². The van der Waals surface area contributed by atoms with Crippen molar-refractivity contribution in [3.05, 3.63) is 33.9 Å². The van der Waals surface area contributed by atoms with E-state index in [9.17, 15) is 14.9 Å². The molecule has 0 saturated carbocycles. The van der Waals surface area contributed by atoms with E-state index in [4.69, 9.17) is 4.74 Å². The van der Waals surface area contributed by atoms with Crippen LogP contribution in [0.15, 0.2) is 18.2 Å². The lowest BCUT2D eigenvalue weighted by Gasteiger charge is -2.18. The molecule has 1 rings (SSSR count). The smallest absolute Gasteiger partial charge is 0.325 e. The first-order valence-corrected chi connectivity index (χ1v) is 5.57. The molecule has 0 saturated heterocycles. The molecule has 0 spiro atoms. The number of esters is 1. The van der Waals surface area contributed by atoms with Crippen LogP contribution < -0.4 is 4.90 Å². The van der Waals surface area contributed by atoms with Gasteiger partial charge in [0.2, 0.25) is 0 Å². The summed E-state index contributed by atoms with van der Waals surface area (Å²) in [5.41, 5.74) is 1.28. The number of nitro groups is 1. The minimum absolute atomic E-state index is 0.0157. The molecule has 0 atom stereocenters. The largest absolute Gasteiger partial charge is 0.465 e. The summed E-state index contributed by atoms with van der Waals surface area (Å²) < 4.78 is 4.81. The highest BCUT2D eigenvalue weighted by Crippen LogP contribution is 2.28. The molecule has 6 nitrogen and oxygen atoms in total. The average molecular weight is 252 g/mol. The van der Waals surface area contributed by atoms with Crippen molar-refractivity contribution < 1.29 is 14.5 Å². The van der Waals surface area contributed by atoms with Gasteiger partial charge in [-0.3, -0.25) is 14.9 Å². The molecule has 0 N–H and O–H groups in total. The van der Waals surface area contributed by atoms with Gasteiger partial charge in [-0.05, 0) is 25.5 Å². The van der Waals surface area contributed by atoms with Crippen LogP contribution in [0.25, 0.3) is 0 Å². The quantitative estimate of drug-likeness (QED) is 0.454. The van der Waals surface area contributed by atoms with Gasteiger partial charge in [-0.1, -0.05) is 6.07 Å². The predicted octanol–water partition coefficient (Wildman–Crippen LogP) is 1.90. The normalized spacial score (nSPS) is 9.94. The fourth-order valence-electron chi connectivity index (χ4n) is 1.58. The Hall–Kier alpha value is -2.11. The van der Waals surface area contributed by atoms with E-state index in [0.29, 0.717) is 12.3 Å². The average Bonchev–Trinajstić information content (AvgIpc) is 2.28. The maximum absolute atomic E-state index is 11.4. The molecular formula is C12H16N2O4. The SMILES string of the molecule is CCOC(=O)CN(C)c1cc(C)ccc1[N+](=O)[O-]. The van der Waals surface area contributed by atoms with Crippen LogP contribution in [0.1, 0.15) is 12.5 Å². The summed E-state index contributed by atoms with van der Waals surface area (Å²) in [4.78, 5) is 23.3. The maximum atomic E-state index is 11.4. The van der Waals surface area contributed by atoms with Crippen LogP contribution in [0.5, 0.6) is 0 Å². The van der Waals surface area contributed by atoms with Crippen molar-refractivity contribution in [1.29, 1.82) is 0 Å². The standard InChI is InChI=1S/C12H16N2O4/c1-4-18-12(15)8-13(3)11-7-9(2)5-6-10(11)14(16)17/h5-7H,4,8H2,1-3H3. The minimum atomic E-state index is -0.462. The number of carbonyl (C=O) groups excluding carboxylic acids is 1. The number of anilines is 1. The van der Waals surface area contributed by atoms with Crippen LogP contribution >= 0.6 is 0 Å². The third-order valence-electron chi connectivity index (χ3n) is 2.41. The number of hydrogen-bond acceptors (Lipinski definition) is 5. The number of benzene rings is 1. The van der Waals surface area contributed by atoms with Crippen LogP contribution in [0.4, 0.5) is 11.4 Å². The van der Waals surface area contributed by atoms with E-state index < -0.39 is 10.9 Å². The molecule has 0 aliphatic rings. The second-order valence-corrected chi connectivity index (χ2v) is 3.91. The number of ether oxygens (including phenoxy) is 1. The van der Waals surface area contributed by atoms with E-state index in [-0.39, 0.29) is 12.2 Å². The van der Waals surface area contributed by atoms with Gasteiger partial charge in [0, 0.05) is 13.1 Å². The summed E-state index contributed by atoms with van der Waals surface area (Å²) in [7, 11) is 1.62. The van der Waals surface area contributed by atoms with Crippen LogP contribution in [0, 0.1) is 17.0 Å². The van der Waals surface area contributed by atoms with Crippen molar-refractivity contribution in [1.82, 2.24) is 0 Å². The van der Waals surface area contributed by atoms with Gasteiger partial charge < -0.3 is 9.64 Å². The number of nitrogens with zero attached hydrogens (tertiary/aromatic N) is 2. The zero-order chi connectivity index (χ0) is 13.7. The Morgan fingerprint density at radius 2 is 2.17 bits per heavy atom. The number of likely N-dealkylation sites (N-methyl/N-ethyl adjacent to an activating group) is 1. The maximum Gasteiger partial charge on any atom is 0.325 e. The lowest BCUT2D eigenvalue weighted by molar-refractivity contribution is -0.384. The Labute approximate surface area is 105 Å². The zero-order valence-corrected chi connectivity index (χ0v) is 10.7. The van der Waals surface area contributed by atoms with Crippen LogP contribution in [0.2, 0.25) is 0 Å². The highest BCUT2D eigenvalue weighted by Gasteiger charge is 2.19. The van der Waals surface area contributed by atoms with Crippen molar-refractivity contribution in [2.24, 2.45) is 0 Å². The highest BCUT2D eigenvalue weighted by atomic mass is 16.6. The third-order valence-corrected chi connectivity index (χ3v) is 2.41. The van der Waals surface area contributed by atoms with Gasteiger partial charge in [0.1, 0.15) is 12.2 Å². The topological polar surface area (TPSA) is 72.7 Å². The van der Waals surface area contributed by atoms with Crippen LogP contribution in [-0.4, -0.2) is 31.1 Å². The molecule has 0 aromatic heterocycles. The number of aryl methyl sites for hydroxylation is 1. The molecule has 0 fully saturated rings. The fraction of sp³-hybridized carbons (Fsp3) is 0.417. The Morgan fingerprint density at radius 3 is 2.72 bits per heavy atom. The Balaban J connectivity index is 2.96. The van der Waals surface area contributed by atoms with Crippen molar-refractivity contribution >= 4 is 17.3 Å². The van der Waals surface area contributed by atoms with Crippen molar-refractivity contribution in [3.63, 3.8) is 0 Å². The molecule has 1 aromatic carbocycles. The van der Waals surface area contributed by atoms with Gasteiger partial charge in [-0.25, -0.2) is 0 Å². The van der Waals surface area contributed by atoms with Gasteiger partial charge >= 0.3 is 5.97 Å². The molecule has 18 heavy (non-hydrogen) atoms. The predicted molar refractivity (Wildman–Crippen MR) is 67.7 cm³/mol. The van der Waals surface area contributed by atoms with Gasteiger partial charge in [0.05, 0.1) is 11.5 Å². The molecule has 0 unspecified atom stereocenters. The van der Waals surface area contributed by atoms with E-state index >= 15 is 0 Å². The molecule has 6 heteroatoms. The zero-order valence-electron chi connectivity index (χ0n) is 10.7. The Bertz CT molecular complexity index is 459. The molecule has 0 aliphatic heterocycles. The molecule has 1 aromatic rings. The van der Waals surface area contributed by atoms with Crippen molar-refractivity contribution in [2.75, 3.05) is 25.1 Å². The van der Waals surface area contributed by atoms with Gasteiger partial charge in [-0.15, -0.1) is 0 Å². The van der Waals surface area contributed by atoms with Crippen molar-refractivity contribution in [3.8, 4) is 0 Å². The lowest BCUT2D eigenvalue weighted by atomic mass is 10.2. The first kappa shape index (κ1) is 14.0. The molecule has 0 radical (unpaired) electrons.